The summed E-state index contributed by atoms with van der Waals surface area (Å²) in [7, 11) is 1.27. The lowest BCUT2D eigenvalue weighted by atomic mass is 10.0. The molecule has 0 amide bonds. The molecule has 4 nitrogen and oxygen atoms in total. The molecular formula is C12H14F3N3O. The fourth-order valence-corrected chi connectivity index (χ4v) is 2.31. The Morgan fingerprint density at radius 2 is 2.05 bits per heavy atom. The van der Waals surface area contributed by atoms with E-state index in [9.17, 15) is 18.0 Å². The van der Waals surface area contributed by atoms with Gasteiger partial charge in [0.25, 0.3) is 5.56 Å². The van der Waals surface area contributed by atoms with Crippen LogP contribution in [0.5, 0.6) is 0 Å². The topological polar surface area (TPSA) is 48.5 Å². The fraction of sp³-hybridized carbons (Fsp3) is 0.500. The summed E-state index contributed by atoms with van der Waals surface area (Å²) in [4.78, 5) is 14.5. The molecule has 1 atom stereocenters. The van der Waals surface area contributed by atoms with Gasteiger partial charge in [-0.25, -0.2) is 0 Å². The van der Waals surface area contributed by atoms with Crippen molar-refractivity contribution in [3.63, 3.8) is 0 Å². The Morgan fingerprint density at radius 3 is 2.53 bits per heavy atom. The molecule has 0 aromatic carbocycles. The summed E-state index contributed by atoms with van der Waals surface area (Å²) in [6.07, 6.45) is -4.65. The van der Waals surface area contributed by atoms with Crippen molar-refractivity contribution >= 4 is 5.71 Å². The monoisotopic (exact) mass is 273 g/mol. The van der Waals surface area contributed by atoms with Crippen LogP contribution in [0.25, 0.3) is 0 Å². The number of nitrogens with one attached hydrogen (secondary N) is 1. The molecule has 0 bridgehead atoms. The van der Waals surface area contributed by atoms with Gasteiger partial charge in [0.05, 0.1) is 11.3 Å². The van der Waals surface area contributed by atoms with Gasteiger partial charge >= 0.3 is 6.18 Å². The molecule has 7 heteroatoms. The molecule has 0 spiro atoms. The Balaban J connectivity index is 2.41. The molecule has 2 heterocycles. The Labute approximate surface area is 107 Å². The van der Waals surface area contributed by atoms with Crippen molar-refractivity contribution in [3.05, 3.63) is 33.2 Å². The number of hydrogen-bond acceptors (Lipinski definition) is 3. The van der Waals surface area contributed by atoms with E-state index >= 15 is 0 Å². The van der Waals surface area contributed by atoms with Gasteiger partial charge in [-0.2, -0.15) is 18.3 Å². The van der Waals surface area contributed by atoms with E-state index in [1.54, 1.807) is 19.9 Å². The number of rotatable bonds is 1. The predicted octanol–water partition coefficient (Wildman–Crippen LogP) is 1.96. The van der Waals surface area contributed by atoms with Gasteiger partial charge in [-0.15, -0.1) is 0 Å². The zero-order valence-electron chi connectivity index (χ0n) is 10.8. The van der Waals surface area contributed by atoms with Gasteiger partial charge in [-0.3, -0.25) is 9.80 Å². The molecule has 1 aromatic heterocycles. The number of hydrogen-bond donors (Lipinski definition) is 1. The summed E-state index contributed by atoms with van der Waals surface area (Å²) in [6, 6.07) is 0.0581. The van der Waals surface area contributed by atoms with Crippen molar-refractivity contribution in [2.45, 2.75) is 32.5 Å². The Kier molecular flexibility index (Phi) is 3.15. The molecular weight excluding hydrogens is 259 g/mol. The number of aromatic nitrogens is 1. The minimum absolute atomic E-state index is 0.184. The molecule has 1 unspecified atom stereocenters. The van der Waals surface area contributed by atoms with Gasteiger partial charge in [-0.1, -0.05) is 0 Å². The average molecular weight is 273 g/mol. The predicted molar refractivity (Wildman–Crippen MR) is 65.3 cm³/mol. The van der Waals surface area contributed by atoms with E-state index < -0.39 is 17.8 Å². The number of alkyl halides is 3. The SMILES string of the molecule is Cc1cc(C)c(C2=NN(C)C(C(F)(F)F)C2)c(=O)[nH]1. The van der Waals surface area contributed by atoms with Crippen molar-refractivity contribution in [3.8, 4) is 0 Å². The summed E-state index contributed by atoms with van der Waals surface area (Å²) >= 11 is 0. The fourth-order valence-electron chi connectivity index (χ4n) is 2.31. The standard InChI is InChI=1S/C12H14F3N3O/c1-6-4-7(2)16-11(19)10(6)8-5-9(12(13,14)15)18(3)17-8/h4,9H,5H2,1-3H3,(H,16,19). The van der Waals surface area contributed by atoms with Gasteiger partial charge in [0.15, 0.2) is 0 Å². The molecule has 1 N–H and O–H groups in total. The van der Waals surface area contributed by atoms with Gasteiger partial charge in [0.2, 0.25) is 0 Å². The van der Waals surface area contributed by atoms with Gasteiger partial charge < -0.3 is 4.98 Å². The first kappa shape index (κ1) is 13.6. The zero-order chi connectivity index (χ0) is 14.4. The molecule has 1 aliphatic heterocycles. The van der Waals surface area contributed by atoms with Crippen LogP contribution in [0.15, 0.2) is 16.0 Å². The van der Waals surface area contributed by atoms with Crippen LogP contribution in [0.1, 0.15) is 23.2 Å². The lowest BCUT2D eigenvalue weighted by Gasteiger charge is -2.21. The summed E-state index contributed by atoms with van der Waals surface area (Å²) < 4.78 is 38.3. The Hall–Kier alpha value is -1.79. The quantitative estimate of drug-likeness (QED) is 0.850. The number of H-pyrrole nitrogens is 1. The van der Waals surface area contributed by atoms with Crippen LogP contribution in [0, 0.1) is 13.8 Å². The maximum atomic E-state index is 12.8. The number of nitrogens with zero attached hydrogens (tertiary/aromatic N) is 2. The van der Waals surface area contributed by atoms with Crippen molar-refractivity contribution in [1.82, 2.24) is 9.99 Å². The third-order valence-electron chi connectivity index (χ3n) is 3.15. The molecule has 0 saturated carbocycles. The first-order valence-electron chi connectivity index (χ1n) is 5.78. The number of pyridine rings is 1. The van der Waals surface area contributed by atoms with Crippen molar-refractivity contribution in [1.29, 1.82) is 0 Å². The van der Waals surface area contributed by atoms with E-state index in [0.29, 0.717) is 11.3 Å². The minimum Gasteiger partial charge on any atom is -0.326 e. The third-order valence-corrected chi connectivity index (χ3v) is 3.15. The molecule has 1 aliphatic rings. The maximum Gasteiger partial charge on any atom is 0.410 e. The number of aryl methyl sites for hydroxylation is 2. The van der Waals surface area contributed by atoms with Crippen molar-refractivity contribution in [2.24, 2.45) is 5.10 Å². The number of aromatic amines is 1. The minimum atomic E-state index is -4.36. The third kappa shape index (κ3) is 2.50. The largest absolute Gasteiger partial charge is 0.410 e. The van der Waals surface area contributed by atoms with Crippen LogP contribution in [-0.2, 0) is 0 Å². The second-order valence-electron chi connectivity index (χ2n) is 4.72. The van der Waals surface area contributed by atoms with Crippen molar-refractivity contribution in [2.75, 3.05) is 7.05 Å². The van der Waals surface area contributed by atoms with E-state index in [1.165, 1.54) is 7.05 Å². The van der Waals surface area contributed by atoms with Crippen LogP contribution in [0.4, 0.5) is 13.2 Å². The van der Waals surface area contributed by atoms with Crippen LogP contribution in [-0.4, -0.2) is 35.0 Å². The highest BCUT2D eigenvalue weighted by molar-refractivity contribution is 6.02. The van der Waals surface area contributed by atoms with Crippen LogP contribution < -0.4 is 5.56 Å². The van der Waals surface area contributed by atoms with Crippen molar-refractivity contribution < 1.29 is 13.2 Å². The highest BCUT2D eigenvalue weighted by Gasteiger charge is 2.46. The van der Waals surface area contributed by atoms with E-state index in [4.69, 9.17) is 0 Å². The smallest absolute Gasteiger partial charge is 0.326 e. The van der Waals surface area contributed by atoms with Crippen LogP contribution in [0.3, 0.4) is 0 Å². The van der Waals surface area contributed by atoms with E-state index in [-0.39, 0.29) is 17.7 Å². The highest BCUT2D eigenvalue weighted by Crippen LogP contribution is 2.31. The molecule has 0 saturated heterocycles. The Bertz CT molecular complexity index is 589. The zero-order valence-corrected chi connectivity index (χ0v) is 10.8. The normalized spacial score (nSPS) is 19.8. The van der Waals surface area contributed by atoms with Gasteiger partial charge in [-0.05, 0) is 25.5 Å². The lowest BCUT2D eigenvalue weighted by molar-refractivity contribution is -0.174. The summed E-state index contributed by atoms with van der Waals surface area (Å²) in [5, 5.41) is 4.74. The molecule has 1 aromatic rings. The average Bonchev–Trinajstić information content (AvgIpc) is 2.57. The second kappa shape index (κ2) is 4.40. The highest BCUT2D eigenvalue weighted by atomic mass is 19.4. The molecule has 0 radical (unpaired) electrons. The molecule has 19 heavy (non-hydrogen) atoms. The molecule has 2 rings (SSSR count). The first-order chi connectivity index (χ1) is 8.70. The van der Waals surface area contributed by atoms with Gasteiger partial charge in [0.1, 0.15) is 6.04 Å². The summed E-state index contributed by atoms with van der Waals surface area (Å²) in [5.41, 5.74) is 1.34. The summed E-state index contributed by atoms with van der Waals surface area (Å²) in [5.74, 6) is 0. The first-order valence-corrected chi connectivity index (χ1v) is 5.78. The Morgan fingerprint density at radius 1 is 1.42 bits per heavy atom. The second-order valence-corrected chi connectivity index (χ2v) is 4.72. The molecule has 104 valence electrons. The molecule has 0 fully saturated rings. The maximum absolute atomic E-state index is 12.8. The van der Waals surface area contributed by atoms with Gasteiger partial charge in [0, 0.05) is 19.2 Å². The van der Waals surface area contributed by atoms with E-state index in [2.05, 4.69) is 10.1 Å². The van der Waals surface area contributed by atoms with E-state index in [0.717, 1.165) is 5.01 Å². The lowest BCUT2D eigenvalue weighted by Crippen LogP contribution is -2.38. The molecule has 0 aliphatic carbocycles. The number of halogens is 3. The summed E-state index contributed by atoms with van der Waals surface area (Å²) in [6.45, 7) is 3.42. The number of hydrazone groups is 1. The van der Waals surface area contributed by atoms with E-state index in [1.807, 2.05) is 0 Å². The van der Waals surface area contributed by atoms with Crippen LogP contribution in [0.2, 0.25) is 0 Å². The van der Waals surface area contributed by atoms with Crippen LogP contribution >= 0.6 is 0 Å².